The molecule has 0 aromatic carbocycles. The molecule has 3 rings (SSSR count). The third-order valence-electron chi connectivity index (χ3n) is 5.82. The molecule has 0 spiro atoms. The summed E-state index contributed by atoms with van der Waals surface area (Å²) in [4.78, 5) is 23.7. The van der Waals surface area contributed by atoms with E-state index in [1.165, 1.54) is 6.92 Å². The molecule has 1 heterocycles. The van der Waals surface area contributed by atoms with Gasteiger partial charge in [0.2, 0.25) is 0 Å². The Morgan fingerprint density at radius 1 is 1.32 bits per heavy atom. The lowest BCUT2D eigenvalue weighted by Crippen LogP contribution is -2.57. The van der Waals surface area contributed by atoms with Gasteiger partial charge in [0.1, 0.15) is 18.1 Å². The largest absolute Gasteiger partial charge is 0.460 e. The Kier molecular flexibility index (Phi) is 3.59. The summed E-state index contributed by atoms with van der Waals surface area (Å²) in [5, 5.41) is -0.621. The molecule has 5 heteroatoms. The van der Waals surface area contributed by atoms with Crippen molar-refractivity contribution in [2.75, 3.05) is 6.61 Å². The standard InChI is InChI=1S/C17H23ClO4/c1-9(19)22-13-12(18)11-10(8-21-15(11)20)17(4)7-5-6-16(2,3)14(13)17/h12-14H,5-8H2,1-4H3/t12-,13+,14-,17+/m0/s1. The molecule has 0 aromatic heterocycles. The second-order valence-corrected chi connectivity index (χ2v) is 8.15. The van der Waals surface area contributed by atoms with E-state index in [4.69, 9.17) is 21.1 Å². The number of halogens is 1. The van der Waals surface area contributed by atoms with Gasteiger partial charge in [-0.3, -0.25) is 4.79 Å². The van der Waals surface area contributed by atoms with Crippen LogP contribution in [0, 0.1) is 16.7 Å². The van der Waals surface area contributed by atoms with E-state index in [1.807, 2.05) is 0 Å². The van der Waals surface area contributed by atoms with Gasteiger partial charge in [0.15, 0.2) is 0 Å². The third-order valence-corrected chi connectivity index (χ3v) is 6.29. The van der Waals surface area contributed by atoms with Crippen molar-refractivity contribution in [2.45, 2.75) is 58.4 Å². The molecule has 0 bridgehead atoms. The summed E-state index contributed by atoms with van der Waals surface area (Å²) in [5.74, 6) is -0.613. The van der Waals surface area contributed by atoms with Crippen molar-refractivity contribution in [1.82, 2.24) is 0 Å². The first-order valence-corrected chi connectivity index (χ1v) is 8.34. The molecule has 122 valence electrons. The van der Waals surface area contributed by atoms with Crippen molar-refractivity contribution in [3.05, 3.63) is 11.1 Å². The molecule has 1 saturated carbocycles. The van der Waals surface area contributed by atoms with Gasteiger partial charge in [0.05, 0.1) is 5.57 Å². The minimum atomic E-state index is -0.621. The van der Waals surface area contributed by atoms with Crippen molar-refractivity contribution in [3.63, 3.8) is 0 Å². The molecular formula is C17H23ClO4. The second-order valence-electron chi connectivity index (χ2n) is 7.68. The number of fused-ring (bicyclic) bond motifs is 2. The topological polar surface area (TPSA) is 52.6 Å². The van der Waals surface area contributed by atoms with E-state index in [2.05, 4.69) is 20.8 Å². The SMILES string of the molecule is CC(=O)O[C@@H]1[C@@H](Cl)C2=C(COC2=O)[C@@]2(C)CCCC(C)(C)[C@H]12. The number of carbonyl (C=O) groups is 2. The highest BCUT2D eigenvalue weighted by Gasteiger charge is 2.61. The van der Waals surface area contributed by atoms with Crippen molar-refractivity contribution in [1.29, 1.82) is 0 Å². The average molecular weight is 327 g/mol. The number of alkyl halides is 1. The minimum absolute atomic E-state index is 0.00950. The summed E-state index contributed by atoms with van der Waals surface area (Å²) < 4.78 is 10.9. The zero-order valence-electron chi connectivity index (χ0n) is 13.6. The minimum Gasteiger partial charge on any atom is -0.460 e. The van der Waals surface area contributed by atoms with Gasteiger partial charge in [-0.25, -0.2) is 4.79 Å². The maximum atomic E-state index is 12.1. The lowest BCUT2D eigenvalue weighted by molar-refractivity contribution is -0.160. The summed E-state index contributed by atoms with van der Waals surface area (Å²) in [7, 11) is 0. The Morgan fingerprint density at radius 3 is 2.64 bits per heavy atom. The van der Waals surface area contributed by atoms with Crippen LogP contribution in [0.5, 0.6) is 0 Å². The van der Waals surface area contributed by atoms with Crippen LogP contribution < -0.4 is 0 Å². The normalized spacial score (nSPS) is 39.9. The number of cyclic esters (lactones) is 1. The number of carbonyl (C=O) groups excluding carboxylic acids is 2. The third kappa shape index (κ3) is 2.10. The zero-order chi connectivity index (χ0) is 16.3. The van der Waals surface area contributed by atoms with E-state index in [1.54, 1.807) is 0 Å². The number of hydrogen-bond acceptors (Lipinski definition) is 4. The van der Waals surface area contributed by atoms with E-state index in [-0.39, 0.29) is 28.7 Å². The molecule has 2 aliphatic carbocycles. The summed E-state index contributed by atoms with van der Waals surface area (Å²) >= 11 is 6.60. The van der Waals surface area contributed by atoms with Gasteiger partial charge in [0, 0.05) is 12.8 Å². The number of ether oxygens (including phenoxy) is 2. The van der Waals surface area contributed by atoms with Crippen LogP contribution in [0.3, 0.4) is 0 Å². The average Bonchev–Trinajstić information content (AvgIpc) is 2.77. The fourth-order valence-corrected chi connectivity index (χ4v) is 5.47. The van der Waals surface area contributed by atoms with E-state index < -0.39 is 11.5 Å². The van der Waals surface area contributed by atoms with Gasteiger partial charge in [-0.05, 0) is 29.2 Å². The van der Waals surface area contributed by atoms with Gasteiger partial charge in [-0.1, -0.05) is 27.2 Å². The summed E-state index contributed by atoms with van der Waals surface area (Å²) in [6.07, 6.45) is 2.64. The van der Waals surface area contributed by atoms with Crippen LogP contribution in [0.4, 0.5) is 0 Å². The monoisotopic (exact) mass is 326 g/mol. The zero-order valence-corrected chi connectivity index (χ0v) is 14.3. The second kappa shape index (κ2) is 4.98. The lowest BCUT2D eigenvalue weighted by Gasteiger charge is -2.56. The van der Waals surface area contributed by atoms with Crippen molar-refractivity contribution >= 4 is 23.5 Å². The summed E-state index contributed by atoms with van der Waals surface area (Å²) in [6, 6.07) is 0. The lowest BCUT2D eigenvalue weighted by atomic mass is 9.49. The predicted octanol–water partition coefficient (Wildman–Crippen LogP) is 3.23. The van der Waals surface area contributed by atoms with E-state index in [0.717, 1.165) is 24.8 Å². The first-order chi connectivity index (χ1) is 10.2. The van der Waals surface area contributed by atoms with E-state index >= 15 is 0 Å². The molecule has 0 radical (unpaired) electrons. The van der Waals surface area contributed by atoms with Crippen LogP contribution in [0.1, 0.15) is 47.0 Å². The maximum Gasteiger partial charge on any atom is 0.336 e. The molecule has 4 atom stereocenters. The summed E-state index contributed by atoms with van der Waals surface area (Å²) in [5.41, 5.74) is 1.35. The summed E-state index contributed by atoms with van der Waals surface area (Å²) in [6.45, 7) is 8.31. The molecule has 0 unspecified atom stereocenters. The quantitative estimate of drug-likeness (QED) is 0.548. The van der Waals surface area contributed by atoms with Gasteiger partial charge < -0.3 is 9.47 Å². The highest BCUT2D eigenvalue weighted by molar-refractivity contribution is 6.26. The molecule has 0 aromatic rings. The van der Waals surface area contributed by atoms with Crippen LogP contribution in [-0.2, 0) is 19.1 Å². The fraction of sp³-hybridized carbons (Fsp3) is 0.765. The van der Waals surface area contributed by atoms with Crippen LogP contribution in [-0.4, -0.2) is 30.0 Å². The van der Waals surface area contributed by atoms with Crippen LogP contribution >= 0.6 is 11.6 Å². The molecule has 1 aliphatic heterocycles. The van der Waals surface area contributed by atoms with Gasteiger partial charge in [-0.15, -0.1) is 11.6 Å². The molecule has 3 aliphatic rings. The molecule has 4 nitrogen and oxygen atoms in total. The van der Waals surface area contributed by atoms with Gasteiger partial charge in [-0.2, -0.15) is 0 Å². The first-order valence-electron chi connectivity index (χ1n) is 7.90. The molecular weight excluding hydrogens is 304 g/mol. The van der Waals surface area contributed by atoms with Crippen LogP contribution in [0.15, 0.2) is 11.1 Å². The Labute approximate surface area is 136 Å². The number of rotatable bonds is 1. The van der Waals surface area contributed by atoms with Gasteiger partial charge >= 0.3 is 11.9 Å². The Bertz CT molecular complexity index is 565. The number of esters is 2. The van der Waals surface area contributed by atoms with Gasteiger partial charge in [0.25, 0.3) is 0 Å². The highest BCUT2D eigenvalue weighted by atomic mass is 35.5. The first kappa shape index (κ1) is 15.9. The van der Waals surface area contributed by atoms with Crippen LogP contribution in [0.25, 0.3) is 0 Å². The molecule has 0 N–H and O–H groups in total. The smallest absolute Gasteiger partial charge is 0.336 e. The van der Waals surface area contributed by atoms with Crippen molar-refractivity contribution < 1.29 is 19.1 Å². The Balaban J connectivity index is 2.16. The Hall–Kier alpha value is -1.03. The predicted molar refractivity (Wildman–Crippen MR) is 82.4 cm³/mol. The van der Waals surface area contributed by atoms with E-state index in [0.29, 0.717) is 12.2 Å². The molecule has 0 amide bonds. The fourth-order valence-electron chi connectivity index (χ4n) is 5.05. The molecule has 0 saturated heterocycles. The maximum absolute atomic E-state index is 12.1. The Morgan fingerprint density at radius 2 is 2.00 bits per heavy atom. The highest BCUT2D eigenvalue weighted by Crippen LogP contribution is 2.61. The van der Waals surface area contributed by atoms with Crippen molar-refractivity contribution in [2.24, 2.45) is 16.7 Å². The van der Waals surface area contributed by atoms with Crippen molar-refractivity contribution in [3.8, 4) is 0 Å². The van der Waals surface area contributed by atoms with Crippen LogP contribution in [0.2, 0.25) is 0 Å². The number of hydrogen-bond donors (Lipinski definition) is 0. The molecule has 1 fully saturated rings. The van der Waals surface area contributed by atoms with E-state index in [9.17, 15) is 9.59 Å². The molecule has 22 heavy (non-hydrogen) atoms.